The molecule has 26 heavy (non-hydrogen) atoms. The Morgan fingerprint density at radius 3 is 2.65 bits per heavy atom. The molecule has 1 aliphatic rings. The fraction of sp³-hybridized carbons (Fsp3) is 0.316. The number of benzene rings is 1. The molecule has 0 saturated carbocycles. The van der Waals surface area contributed by atoms with E-state index in [4.69, 9.17) is 4.74 Å². The smallest absolute Gasteiger partial charge is 0.258 e. The molecule has 1 fully saturated rings. The summed E-state index contributed by atoms with van der Waals surface area (Å²) in [6.45, 7) is 1.07. The minimum Gasteiger partial charge on any atom is -0.472 e. The van der Waals surface area contributed by atoms with E-state index < -0.39 is 0 Å². The molecule has 1 aromatic carbocycles. The number of carbonyl (C=O) groups excluding carboxylic acids is 2. The van der Waals surface area contributed by atoms with E-state index in [1.807, 2.05) is 18.2 Å². The van der Waals surface area contributed by atoms with E-state index in [1.54, 1.807) is 43.4 Å². The topological polar surface area (TPSA) is 62.7 Å². The number of likely N-dealkylation sites (tertiary alicyclic amines) is 1. The van der Waals surface area contributed by atoms with Crippen LogP contribution in [0, 0.1) is 0 Å². The number of pyridine rings is 1. The molecular weight excluding hydrogens is 398 g/mol. The van der Waals surface area contributed by atoms with E-state index in [1.165, 1.54) is 4.90 Å². The summed E-state index contributed by atoms with van der Waals surface area (Å²) in [6, 6.07) is 10.8. The van der Waals surface area contributed by atoms with Gasteiger partial charge in [-0.3, -0.25) is 9.59 Å². The standard InChI is InChI=1S/C19H20BrN3O3/c1-22(2)18(24)15-7-5-10-21-17(15)26-13-9-11-23(12-13)19(25)14-6-3-4-8-16(14)20/h3-8,10,13H,9,11-12H2,1-2H3. The van der Waals surface area contributed by atoms with Crippen molar-refractivity contribution in [3.63, 3.8) is 0 Å². The highest BCUT2D eigenvalue weighted by Gasteiger charge is 2.30. The van der Waals surface area contributed by atoms with Gasteiger partial charge in [-0.15, -0.1) is 0 Å². The first-order valence-electron chi connectivity index (χ1n) is 8.34. The van der Waals surface area contributed by atoms with Gasteiger partial charge in [0, 0.05) is 37.7 Å². The third kappa shape index (κ3) is 3.88. The normalized spacial score (nSPS) is 16.4. The number of nitrogens with zero attached hydrogens (tertiary/aromatic N) is 3. The lowest BCUT2D eigenvalue weighted by Crippen LogP contribution is -2.31. The monoisotopic (exact) mass is 417 g/mol. The maximum atomic E-state index is 12.7. The summed E-state index contributed by atoms with van der Waals surface area (Å²) in [5.74, 6) is 0.118. The molecule has 0 spiro atoms. The van der Waals surface area contributed by atoms with Crippen LogP contribution in [0.2, 0.25) is 0 Å². The zero-order chi connectivity index (χ0) is 18.7. The van der Waals surface area contributed by atoms with Gasteiger partial charge in [0.15, 0.2) is 0 Å². The third-order valence-corrected chi connectivity index (χ3v) is 4.91. The number of hydrogen-bond donors (Lipinski definition) is 0. The maximum absolute atomic E-state index is 12.7. The van der Waals surface area contributed by atoms with E-state index in [0.29, 0.717) is 36.5 Å². The summed E-state index contributed by atoms with van der Waals surface area (Å²) in [4.78, 5) is 32.4. The van der Waals surface area contributed by atoms with Gasteiger partial charge in [-0.25, -0.2) is 4.98 Å². The van der Waals surface area contributed by atoms with E-state index >= 15 is 0 Å². The maximum Gasteiger partial charge on any atom is 0.258 e. The highest BCUT2D eigenvalue weighted by molar-refractivity contribution is 9.10. The van der Waals surface area contributed by atoms with E-state index in [9.17, 15) is 9.59 Å². The summed E-state index contributed by atoms with van der Waals surface area (Å²) in [7, 11) is 3.37. The second kappa shape index (κ2) is 7.86. The van der Waals surface area contributed by atoms with Crippen LogP contribution in [0.25, 0.3) is 0 Å². The lowest BCUT2D eigenvalue weighted by atomic mass is 10.2. The third-order valence-electron chi connectivity index (χ3n) is 4.22. The van der Waals surface area contributed by atoms with Crippen molar-refractivity contribution in [3.05, 3.63) is 58.2 Å². The Kier molecular flexibility index (Phi) is 5.56. The fourth-order valence-electron chi connectivity index (χ4n) is 2.86. The number of aromatic nitrogens is 1. The number of halogens is 1. The Morgan fingerprint density at radius 2 is 1.92 bits per heavy atom. The van der Waals surface area contributed by atoms with Crippen molar-refractivity contribution >= 4 is 27.7 Å². The number of amides is 2. The van der Waals surface area contributed by atoms with Crippen LogP contribution in [0.3, 0.4) is 0 Å². The van der Waals surface area contributed by atoms with Crippen molar-refractivity contribution in [2.75, 3.05) is 27.2 Å². The number of rotatable bonds is 4. The molecule has 2 amide bonds. The summed E-state index contributed by atoms with van der Waals surface area (Å²) < 4.78 is 6.74. The highest BCUT2D eigenvalue weighted by atomic mass is 79.9. The fourth-order valence-corrected chi connectivity index (χ4v) is 3.31. The molecule has 2 heterocycles. The minimum atomic E-state index is -0.190. The number of ether oxygens (including phenoxy) is 1. The summed E-state index contributed by atoms with van der Waals surface area (Å²) >= 11 is 3.42. The summed E-state index contributed by atoms with van der Waals surface area (Å²) in [5.41, 5.74) is 1.06. The molecule has 6 nitrogen and oxygen atoms in total. The Labute approximate surface area is 160 Å². The minimum absolute atomic E-state index is 0.0332. The van der Waals surface area contributed by atoms with Gasteiger partial charge < -0.3 is 14.5 Å². The number of carbonyl (C=O) groups is 2. The van der Waals surface area contributed by atoms with Crippen molar-refractivity contribution in [3.8, 4) is 5.88 Å². The summed E-state index contributed by atoms with van der Waals surface area (Å²) in [5, 5.41) is 0. The second-order valence-corrected chi connectivity index (χ2v) is 7.17. The van der Waals surface area contributed by atoms with Crippen molar-refractivity contribution < 1.29 is 14.3 Å². The zero-order valence-corrected chi connectivity index (χ0v) is 16.3. The molecule has 1 aromatic heterocycles. The van der Waals surface area contributed by atoms with E-state index in [-0.39, 0.29) is 17.9 Å². The van der Waals surface area contributed by atoms with Crippen LogP contribution >= 0.6 is 15.9 Å². The molecule has 1 saturated heterocycles. The molecule has 0 radical (unpaired) electrons. The lowest BCUT2D eigenvalue weighted by molar-refractivity contribution is 0.0762. The van der Waals surface area contributed by atoms with Gasteiger partial charge in [0.05, 0.1) is 12.1 Å². The van der Waals surface area contributed by atoms with Crippen LogP contribution in [0.15, 0.2) is 47.1 Å². The van der Waals surface area contributed by atoms with E-state index in [0.717, 1.165) is 4.47 Å². The van der Waals surface area contributed by atoms with Gasteiger partial charge in [-0.05, 0) is 40.2 Å². The van der Waals surface area contributed by atoms with Crippen LogP contribution in [0.4, 0.5) is 0 Å². The molecule has 1 atom stereocenters. The molecule has 0 N–H and O–H groups in total. The van der Waals surface area contributed by atoms with Crippen molar-refractivity contribution in [1.82, 2.24) is 14.8 Å². The second-order valence-electron chi connectivity index (χ2n) is 6.32. The molecule has 2 aromatic rings. The van der Waals surface area contributed by atoms with Crippen LogP contribution in [0.5, 0.6) is 5.88 Å². The SMILES string of the molecule is CN(C)C(=O)c1cccnc1OC1CCN(C(=O)c2ccccc2Br)C1. The number of hydrogen-bond acceptors (Lipinski definition) is 4. The molecule has 0 bridgehead atoms. The Bertz CT molecular complexity index is 825. The van der Waals surface area contributed by atoms with Crippen molar-refractivity contribution in [2.45, 2.75) is 12.5 Å². The first-order chi connectivity index (χ1) is 12.5. The van der Waals surface area contributed by atoms with Crippen molar-refractivity contribution in [1.29, 1.82) is 0 Å². The molecule has 0 aliphatic carbocycles. The largest absolute Gasteiger partial charge is 0.472 e. The molecule has 1 aliphatic heterocycles. The first kappa shape index (κ1) is 18.4. The highest BCUT2D eigenvalue weighted by Crippen LogP contribution is 2.24. The van der Waals surface area contributed by atoms with Crippen LogP contribution in [-0.4, -0.2) is 59.9 Å². The predicted molar refractivity (Wildman–Crippen MR) is 101 cm³/mol. The predicted octanol–water partition coefficient (Wildman–Crippen LogP) is 2.84. The molecule has 136 valence electrons. The first-order valence-corrected chi connectivity index (χ1v) is 9.14. The Morgan fingerprint density at radius 1 is 1.19 bits per heavy atom. The lowest BCUT2D eigenvalue weighted by Gasteiger charge is -2.19. The van der Waals surface area contributed by atoms with Crippen LogP contribution < -0.4 is 4.74 Å². The summed E-state index contributed by atoms with van der Waals surface area (Å²) in [6.07, 6.45) is 2.10. The average Bonchev–Trinajstić information content (AvgIpc) is 3.10. The van der Waals surface area contributed by atoms with Crippen LogP contribution in [0.1, 0.15) is 27.1 Å². The average molecular weight is 418 g/mol. The van der Waals surface area contributed by atoms with Gasteiger partial charge in [0.1, 0.15) is 11.7 Å². The molecule has 7 heteroatoms. The Hall–Kier alpha value is -2.41. The van der Waals surface area contributed by atoms with Crippen LogP contribution in [-0.2, 0) is 0 Å². The van der Waals surface area contributed by atoms with Gasteiger partial charge in [-0.2, -0.15) is 0 Å². The van der Waals surface area contributed by atoms with Gasteiger partial charge >= 0.3 is 0 Å². The van der Waals surface area contributed by atoms with Gasteiger partial charge in [0.2, 0.25) is 5.88 Å². The van der Waals surface area contributed by atoms with Gasteiger partial charge in [0.25, 0.3) is 11.8 Å². The van der Waals surface area contributed by atoms with Gasteiger partial charge in [-0.1, -0.05) is 12.1 Å². The van der Waals surface area contributed by atoms with Crippen molar-refractivity contribution in [2.24, 2.45) is 0 Å². The molecule has 3 rings (SSSR count). The van der Waals surface area contributed by atoms with E-state index in [2.05, 4.69) is 20.9 Å². The molecular formula is C19H20BrN3O3. The molecule has 1 unspecified atom stereocenters. The zero-order valence-electron chi connectivity index (χ0n) is 14.7. The Balaban J connectivity index is 1.70. The quantitative estimate of drug-likeness (QED) is 0.766.